The fourth-order valence-corrected chi connectivity index (χ4v) is 7.28. The molecule has 1 aromatic carbocycles. The van der Waals surface area contributed by atoms with Gasteiger partial charge in [-0.15, -0.1) is 0 Å². The van der Waals surface area contributed by atoms with Crippen LogP contribution in [0.2, 0.25) is 0 Å². The minimum atomic E-state index is -0.844. The summed E-state index contributed by atoms with van der Waals surface area (Å²) in [6.45, 7) is 6.35. The van der Waals surface area contributed by atoms with Gasteiger partial charge in [-0.05, 0) is 45.7 Å². The van der Waals surface area contributed by atoms with Crippen molar-refractivity contribution >= 4 is 69.7 Å². The predicted octanol–water partition coefficient (Wildman–Crippen LogP) is 4.38. The summed E-state index contributed by atoms with van der Waals surface area (Å²) in [4.78, 5) is 41.0. The Labute approximate surface area is 212 Å². The minimum Gasteiger partial charge on any atom is -0.465 e. The van der Waals surface area contributed by atoms with Gasteiger partial charge in [0, 0.05) is 17.7 Å². The molecular weight excluding hydrogens is 494 g/mol. The Bertz CT molecular complexity index is 1130. The second-order valence-electron chi connectivity index (χ2n) is 8.59. The first kappa shape index (κ1) is 25.0. The van der Waals surface area contributed by atoms with Crippen LogP contribution in [0.15, 0.2) is 32.2 Å². The molecule has 1 saturated heterocycles. The van der Waals surface area contributed by atoms with E-state index in [-0.39, 0.29) is 15.7 Å². The summed E-state index contributed by atoms with van der Waals surface area (Å²) in [5, 5.41) is 0. The molecule has 1 atom stereocenters. The molecule has 0 unspecified atom stereocenters. The molecule has 7 nitrogen and oxygen atoms in total. The number of thiocarbonyl (C=S) groups is 1. The Kier molecular flexibility index (Phi) is 6.97. The maximum absolute atomic E-state index is 13.6. The molecule has 1 amide bonds. The molecule has 0 N–H and O–H groups in total. The lowest BCUT2D eigenvalue weighted by Crippen LogP contribution is -2.58. The Morgan fingerprint density at radius 1 is 1.12 bits per heavy atom. The zero-order chi connectivity index (χ0) is 24.8. The van der Waals surface area contributed by atoms with Gasteiger partial charge in [-0.3, -0.25) is 9.69 Å². The van der Waals surface area contributed by atoms with Gasteiger partial charge >= 0.3 is 11.9 Å². The van der Waals surface area contributed by atoms with Crippen LogP contribution in [-0.4, -0.2) is 55.2 Å². The van der Waals surface area contributed by atoms with Gasteiger partial charge in [0.25, 0.3) is 5.91 Å². The molecule has 0 aliphatic carbocycles. The highest BCUT2D eigenvalue weighted by atomic mass is 32.2. The van der Waals surface area contributed by atoms with Crippen LogP contribution < -0.4 is 4.90 Å². The smallest absolute Gasteiger partial charge is 0.346 e. The number of nitrogens with zero attached hydrogens (tertiary/aromatic N) is 1. The average molecular weight is 520 g/mol. The lowest BCUT2D eigenvalue weighted by atomic mass is 9.82. The van der Waals surface area contributed by atoms with E-state index in [1.807, 2.05) is 39.0 Å². The molecular formula is C24H25NO6S3. The number of thioether (sulfide) groups is 2. The van der Waals surface area contributed by atoms with Gasteiger partial charge in [0.1, 0.15) is 15.9 Å². The summed E-state index contributed by atoms with van der Waals surface area (Å²) in [6.07, 6.45) is 1.02. The molecule has 0 aromatic heterocycles. The van der Waals surface area contributed by atoms with Crippen LogP contribution in [0.5, 0.6) is 0 Å². The first-order valence-corrected chi connectivity index (χ1v) is 12.8. The summed E-state index contributed by atoms with van der Waals surface area (Å²) in [6, 6.07) is 5.85. The van der Waals surface area contributed by atoms with E-state index in [2.05, 4.69) is 0 Å². The number of benzene rings is 1. The lowest BCUT2D eigenvalue weighted by molar-refractivity contribution is -0.138. The molecule has 180 valence electrons. The zero-order valence-corrected chi connectivity index (χ0v) is 22.0. The third kappa shape index (κ3) is 4.10. The molecule has 0 spiro atoms. The molecule has 10 heteroatoms. The van der Waals surface area contributed by atoms with E-state index in [1.165, 1.54) is 14.2 Å². The van der Waals surface area contributed by atoms with Crippen molar-refractivity contribution in [1.29, 1.82) is 0 Å². The van der Waals surface area contributed by atoms with Crippen LogP contribution in [0.3, 0.4) is 0 Å². The van der Waals surface area contributed by atoms with Crippen molar-refractivity contribution in [3.63, 3.8) is 0 Å². The van der Waals surface area contributed by atoms with Crippen molar-refractivity contribution in [2.45, 2.75) is 45.3 Å². The van der Waals surface area contributed by atoms with Crippen molar-refractivity contribution in [3.8, 4) is 0 Å². The zero-order valence-electron chi connectivity index (χ0n) is 19.6. The van der Waals surface area contributed by atoms with Crippen LogP contribution in [-0.2, 0) is 28.6 Å². The van der Waals surface area contributed by atoms with E-state index in [0.29, 0.717) is 22.1 Å². The highest BCUT2D eigenvalue weighted by Gasteiger charge is 2.47. The van der Waals surface area contributed by atoms with Gasteiger partial charge < -0.3 is 14.2 Å². The largest absolute Gasteiger partial charge is 0.465 e. The van der Waals surface area contributed by atoms with Crippen molar-refractivity contribution in [1.82, 2.24) is 0 Å². The number of esters is 2. The maximum atomic E-state index is 13.6. The monoisotopic (exact) mass is 519 g/mol. The molecule has 34 heavy (non-hydrogen) atoms. The first-order valence-electron chi connectivity index (χ1n) is 10.7. The highest BCUT2D eigenvalue weighted by Crippen LogP contribution is 2.56. The first-order chi connectivity index (χ1) is 16.1. The number of fused-ring (bicyclic) bond motifs is 1. The molecule has 4 rings (SSSR count). The number of rotatable bonds is 3. The molecule has 3 aliphatic heterocycles. The van der Waals surface area contributed by atoms with Gasteiger partial charge in [-0.2, -0.15) is 0 Å². The Balaban J connectivity index is 1.88. The molecule has 3 heterocycles. The van der Waals surface area contributed by atoms with E-state index >= 15 is 0 Å². The van der Waals surface area contributed by atoms with Crippen molar-refractivity contribution in [3.05, 3.63) is 43.4 Å². The molecule has 0 radical (unpaired) electrons. The fourth-order valence-electron chi connectivity index (χ4n) is 4.24. The van der Waals surface area contributed by atoms with E-state index in [1.54, 1.807) is 4.90 Å². The molecule has 0 saturated carbocycles. The topological polar surface area (TPSA) is 82.1 Å². The highest BCUT2D eigenvalue weighted by molar-refractivity contribution is 8.29. The number of methoxy groups -OCH3 is 2. The van der Waals surface area contributed by atoms with Crippen molar-refractivity contribution < 1.29 is 28.6 Å². The normalized spacial score (nSPS) is 21.6. The second-order valence-corrected chi connectivity index (χ2v) is 11.3. The number of hydrogen-bond acceptors (Lipinski definition) is 9. The van der Waals surface area contributed by atoms with Gasteiger partial charge in [0.15, 0.2) is 0 Å². The summed E-state index contributed by atoms with van der Waals surface area (Å²) < 4.78 is 16.2. The fraction of sp³-hybridized carbons (Fsp3) is 0.417. The third-order valence-corrected chi connectivity index (χ3v) is 9.23. The Morgan fingerprint density at radius 2 is 1.74 bits per heavy atom. The quantitative estimate of drug-likeness (QED) is 0.328. The van der Waals surface area contributed by atoms with Gasteiger partial charge in [-0.25, -0.2) is 9.59 Å². The number of ether oxygens (including phenoxy) is 3. The van der Waals surface area contributed by atoms with Crippen LogP contribution in [0.25, 0.3) is 5.57 Å². The van der Waals surface area contributed by atoms with E-state index in [9.17, 15) is 14.4 Å². The lowest BCUT2D eigenvalue weighted by Gasteiger charge is -2.46. The summed E-state index contributed by atoms with van der Waals surface area (Å²) in [7, 11) is 2.53. The minimum absolute atomic E-state index is 0.116. The Morgan fingerprint density at radius 3 is 2.26 bits per heavy atom. The van der Waals surface area contributed by atoms with E-state index in [4.69, 9.17) is 26.4 Å². The molecule has 0 bridgehead atoms. The third-order valence-electron chi connectivity index (χ3n) is 5.97. The summed E-state index contributed by atoms with van der Waals surface area (Å²) in [5.74, 6) is -1.35. The number of amides is 1. The standard InChI is InChI=1S/C24H25NO6S3/c1-12-8-9-14-13(11-12)16(23-33-17(21(27)29-4)18(34-23)22(28)30-5)19(32)24(2,3)25(14)20(26)15-7-6-10-31-15/h8-9,11,15H,6-7,10H2,1-5H3/t15-/m1/s1. The number of carbonyl (C=O) groups excluding carboxylic acids is 3. The second kappa shape index (κ2) is 9.49. The molecule has 3 aliphatic rings. The van der Waals surface area contributed by atoms with Gasteiger partial charge in [0.05, 0.1) is 34.5 Å². The predicted molar refractivity (Wildman–Crippen MR) is 137 cm³/mol. The number of carbonyl (C=O) groups is 3. The number of hydrogen-bond donors (Lipinski definition) is 0. The number of anilines is 1. The van der Waals surface area contributed by atoms with Gasteiger partial charge in [-0.1, -0.05) is 47.4 Å². The maximum Gasteiger partial charge on any atom is 0.346 e. The van der Waals surface area contributed by atoms with Crippen LogP contribution in [0.1, 0.15) is 37.8 Å². The van der Waals surface area contributed by atoms with Crippen LogP contribution >= 0.6 is 35.7 Å². The number of aryl methyl sites for hydroxylation is 1. The summed E-state index contributed by atoms with van der Waals surface area (Å²) in [5.41, 5.74) is 2.38. The average Bonchev–Trinajstić information content (AvgIpc) is 3.49. The van der Waals surface area contributed by atoms with E-state index in [0.717, 1.165) is 52.3 Å². The SMILES string of the molecule is COC(=O)C1=C(C(=O)OC)SC(=C2C(=S)C(C)(C)N(C(=O)[C@H]3CCCO3)c3ccc(C)cc32)S1. The van der Waals surface area contributed by atoms with Crippen molar-refractivity contribution in [2.24, 2.45) is 0 Å². The van der Waals surface area contributed by atoms with Crippen molar-refractivity contribution in [2.75, 3.05) is 25.7 Å². The van der Waals surface area contributed by atoms with E-state index < -0.39 is 23.6 Å². The molecule has 1 fully saturated rings. The molecule has 1 aromatic rings. The van der Waals surface area contributed by atoms with Gasteiger partial charge in [0.2, 0.25) is 0 Å². The van der Waals surface area contributed by atoms with Crippen LogP contribution in [0, 0.1) is 6.92 Å². The summed E-state index contributed by atoms with van der Waals surface area (Å²) >= 11 is 8.27. The Hall–Kier alpha value is -2.14. The van der Waals surface area contributed by atoms with Crippen LogP contribution in [0.4, 0.5) is 5.69 Å².